The standard InChI is InChI=1S/C24H30Cl2N2O3/c1-4-17(2)27-24(30)18(3)28(16-19-12-13-20(25)15-22(19)26)23(29)11-8-14-31-21-9-6-5-7-10-21/h5-7,9-10,12-13,15,17-18H,4,8,11,14,16H2,1-3H3,(H,27,30). The lowest BCUT2D eigenvalue weighted by atomic mass is 10.1. The fourth-order valence-electron chi connectivity index (χ4n) is 2.96. The van der Waals surface area contributed by atoms with Gasteiger partial charge in [-0.25, -0.2) is 0 Å². The number of nitrogens with one attached hydrogen (secondary N) is 1. The number of amides is 2. The highest BCUT2D eigenvalue weighted by Gasteiger charge is 2.27. The van der Waals surface area contributed by atoms with Crippen LogP contribution >= 0.6 is 23.2 Å². The van der Waals surface area contributed by atoms with Crippen molar-refractivity contribution in [2.75, 3.05) is 6.61 Å². The lowest BCUT2D eigenvalue weighted by molar-refractivity contribution is -0.141. The monoisotopic (exact) mass is 464 g/mol. The van der Waals surface area contributed by atoms with Crippen LogP contribution in [0, 0.1) is 0 Å². The van der Waals surface area contributed by atoms with E-state index in [4.69, 9.17) is 27.9 Å². The molecule has 2 atom stereocenters. The van der Waals surface area contributed by atoms with Crippen molar-refractivity contribution in [1.82, 2.24) is 10.2 Å². The van der Waals surface area contributed by atoms with Gasteiger partial charge in [0.2, 0.25) is 11.8 Å². The minimum atomic E-state index is -0.636. The van der Waals surface area contributed by atoms with Crippen molar-refractivity contribution in [2.24, 2.45) is 0 Å². The number of hydrogen-bond acceptors (Lipinski definition) is 3. The molecule has 31 heavy (non-hydrogen) atoms. The summed E-state index contributed by atoms with van der Waals surface area (Å²) in [5.74, 6) is 0.448. The molecule has 2 aromatic rings. The number of ether oxygens (including phenoxy) is 1. The largest absolute Gasteiger partial charge is 0.494 e. The van der Waals surface area contributed by atoms with Gasteiger partial charge in [0.25, 0.3) is 0 Å². The molecule has 1 N–H and O–H groups in total. The Balaban J connectivity index is 2.05. The first-order chi connectivity index (χ1) is 14.8. The molecule has 0 aliphatic carbocycles. The van der Waals surface area contributed by atoms with Crippen LogP contribution in [0.1, 0.15) is 45.6 Å². The summed E-state index contributed by atoms with van der Waals surface area (Å²) >= 11 is 12.3. The van der Waals surface area contributed by atoms with Gasteiger partial charge in [0.1, 0.15) is 11.8 Å². The average molecular weight is 465 g/mol. The number of carbonyl (C=O) groups is 2. The van der Waals surface area contributed by atoms with Crippen LogP contribution in [0.25, 0.3) is 0 Å². The predicted octanol–water partition coefficient (Wildman–Crippen LogP) is 5.48. The van der Waals surface area contributed by atoms with E-state index in [9.17, 15) is 9.59 Å². The van der Waals surface area contributed by atoms with Crippen molar-refractivity contribution in [2.45, 2.75) is 58.7 Å². The van der Waals surface area contributed by atoms with Gasteiger partial charge in [-0.3, -0.25) is 9.59 Å². The van der Waals surface area contributed by atoms with Crippen LogP contribution in [0.5, 0.6) is 5.75 Å². The Hall–Kier alpha value is -2.24. The highest BCUT2D eigenvalue weighted by molar-refractivity contribution is 6.35. The van der Waals surface area contributed by atoms with Crippen molar-refractivity contribution < 1.29 is 14.3 Å². The zero-order valence-corrected chi connectivity index (χ0v) is 19.7. The summed E-state index contributed by atoms with van der Waals surface area (Å²) in [5.41, 5.74) is 0.739. The number of carbonyl (C=O) groups excluding carboxylic acids is 2. The summed E-state index contributed by atoms with van der Waals surface area (Å²) in [4.78, 5) is 27.3. The van der Waals surface area contributed by atoms with Gasteiger partial charge in [0.15, 0.2) is 0 Å². The minimum absolute atomic E-state index is 0.0327. The Kier molecular flexibility index (Phi) is 10.2. The number of nitrogens with zero attached hydrogens (tertiary/aromatic N) is 1. The van der Waals surface area contributed by atoms with E-state index in [1.165, 1.54) is 0 Å². The summed E-state index contributed by atoms with van der Waals surface area (Å²) in [6.45, 7) is 6.31. The summed E-state index contributed by atoms with van der Waals surface area (Å²) in [6, 6.07) is 14.0. The molecule has 0 aliphatic heterocycles. The maximum Gasteiger partial charge on any atom is 0.242 e. The van der Waals surface area contributed by atoms with Gasteiger partial charge in [-0.2, -0.15) is 0 Å². The van der Waals surface area contributed by atoms with Gasteiger partial charge < -0.3 is 15.0 Å². The molecule has 0 saturated heterocycles. The zero-order chi connectivity index (χ0) is 22.8. The predicted molar refractivity (Wildman–Crippen MR) is 126 cm³/mol. The maximum atomic E-state index is 13.1. The molecule has 0 aromatic heterocycles. The molecule has 0 fully saturated rings. The average Bonchev–Trinajstić information content (AvgIpc) is 2.76. The van der Waals surface area contributed by atoms with E-state index in [0.29, 0.717) is 23.1 Å². The number of rotatable bonds is 11. The lowest BCUT2D eigenvalue weighted by Gasteiger charge is -2.30. The molecule has 2 amide bonds. The molecule has 0 heterocycles. The van der Waals surface area contributed by atoms with E-state index in [-0.39, 0.29) is 30.8 Å². The second-order valence-electron chi connectivity index (χ2n) is 7.52. The van der Waals surface area contributed by atoms with Crippen LogP contribution in [-0.4, -0.2) is 35.4 Å². The van der Waals surface area contributed by atoms with Crippen LogP contribution in [0.2, 0.25) is 10.0 Å². The van der Waals surface area contributed by atoms with E-state index in [1.54, 1.807) is 30.0 Å². The highest BCUT2D eigenvalue weighted by atomic mass is 35.5. The van der Waals surface area contributed by atoms with E-state index < -0.39 is 6.04 Å². The summed E-state index contributed by atoms with van der Waals surface area (Å²) in [7, 11) is 0. The Bertz CT molecular complexity index is 861. The van der Waals surface area contributed by atoms with Crippen molar-refractivity contribution in [3.63, 3.8) is 0 Å². The molecule has 2 unspecified atom stereocenters. The molecule has 168 valence electrons. The summed E-state index contributed by atoms with van der Waals surface area (Å²) in [5, 5.41) is 3.94. The molecule has 2 aromatic carbocycles. The topological polar surface area (TPSA) is 58.6 Å². The molecule has 5 nitrogen and oxygen atoms in total. The normalized spacial score (nSPS) is 12.7. The van der Waals surface area contributed by atoms with Gasteiger partial charge >= 0.3 is 0 Å². The quantitative estimate of drug-likeness (QED) is 0.447. The number of benzene rings is 2. The number of halogens is 2. The van der Waals surface area contributed by atoms with E-state index >= 15 is 0 Å². The molecule has 0 bridgehead atoms. The molecule has 0 aliphatic rings. The first-order valence-electron chi connectivity index (χ1n) is 10.5. The molecule has 0 radical (unpaired) electrons. The van der Waals surface area contributed by atoms with E-state index in [0.717, 1.165) is 17.7 Å². The molecular formula is C24H30Cl2N2O3. The molecule has 7 heteroatoms. The minimum Gasteiger partial charge on any atom is -0.494 e. The maximum absolute atomic E-state index is 13.1. The second kappa shape index (κ2) is 12.6. The van der Waals surface area contributed by atoms with Crippen molar-refractivity contribution in [3.05, 3.63) is 64.1 Å². The fraction of sp³-hybridized carbons (Fsp3) is 0.417. The van der Waals surface area contributed by atoms with Gasteiger partial charge in [-0.1, -0.05) is 54.4 Å². The first-order valence-corrected chi connectivity index (χ1v) is 11.3. The Labute approximate surface area is 194 Å². The van der Waals surface area contributed by atoms with E-state index in [1.807, 2.05) is 44.2 Å². The third-order valence-electron chi connectivity index (χ3n) is 5.07. The van der Waals surface area contributed by atoms with Crippen LogP contribution in [-0.2, 0) is 16.1 Å². The Morgan fingerprint density at radius 2 is 1.81 bits per heavy atom. The Morgan fingerprint density at radius 3 is 2.45 bits per heavy atom. The number of hydrogen-bond donors (Lipinski definition) is 1. The van der Waals surface area contributed by atoms with Crippen LogP contribution in [0.3, 0.4) is 0 Å². The molecule has 2 rings (SSSR count). The molecule has 0 saturated carbocycles. The SMILES string of the molecule is CCC(C)NC(=O)C(C)N(Cc1ccc(Cl)cc1Cl)C(=O)CCCOc1ccccc1. The lowest BCUT2D eigenvalue weighted by Crippen LogP contribution is -2.49. The smallest absolute Gasteiger partial charge is 0.242 e. The second-order valence-corrected chi connectivity index (χ2v) is 8.36. The molecule has 0 spiro atoms. The van der Waals surface area contributed by atoms with Gasteiger partial charge in [-0.15, -0.1) is 0 Å². The molecular weight excluding hydrogens is 435 g/mol. The highest BCUT2D eigenvalue weighted by Crippen LogP contribution is 2.23. The summed E-state index contributed by atoms with van der Waals surface area (Å²) < 4.78 is 5.68. The summed E-state index contributed by atoms with van der Waals surface area (Å²) in [6.07, 6.45) is 1.61. The van der Waals surface area contributed by atoms with Crippen LogP contribution in [0.15, 0.2) is 48.5 Å². The third-order valence-corrected chi connectivity index (χ3v) is 5.66. The first kappa shape index (κ1) is 25.0. The third kappa shape index (κ3) is 8.08. The number of para-hydroxylation sites is 1. The van der Waals surface area contributed by atoms with Crippen LogP contribution in [0.4, 0.5) is 0 Å². The van der Waals surface area contributed by atoms with Gasteiger partial charge in [-0.05, 0) is 56.5 Å². The van der Waals surface area contributed by atoms with Gasteiger partial charge in [0.05, 0.1) is 6.61 Å². The van der Waals surface area contributed by atoms with Crippen molar-refractivity contribution in [3.8, 4) is 5.75 Å². The van der Waals surface area contributed by atoms with Crippen molar-refractivity contribution in [1.29, 1.82) is 0 Å². The van der Waals surface area contributed by atoms with Crippen molar-refractivity contribution >= 4 is 35.0 Å². The van der Waals surface area contributed by atoms with Gasteiger partial charge in [0, 0.05) is 29.1 Å². The fourth-order valence-corrected chi connectivity index (χ4v) is 3.42. The van der Waals surface area contributed by atoms with E-state index in [2.05, 4.69) is 5.32 Å². The van der Waals surface area contributed by atoms with Crippen LogP contribution < -0.4 is 10.1 Å². The zero-order valence-electron chi connectivity index (χ0n) is 18.2. The Morgan fingerprint density at radius 1 is 1.10 bits per heavy atom.